The standard InChI is InChI=1S/C18H25N3O2/c1-2-19-17(22)12-7-9-14(10-8-12)20-18(23)16-11-13-5-3-4-6-15(13)21-16/h7-10,13,15-16,21H,2-6,11H2,1H3,(H,19,22)(H,20,23). The van der Waals surface area contributed by atoms with Crippen LogP contribution in [0.3, 0.4) is 0 Å². The third-order valence-electron chi connectivity index (χ3n) is 4.93. The van der Waals surface area contributed by atoms with E-state index in [1.807, 2.05) is 6.92 Å². The number of benzene rings is 1. The van der Waals surface area contributed by atoms with Crippen LogP contribution in [0.5, 0.6) is 0 Å². The van der Waals surface area contributed by atoms with Gasteiger partial charge in [-0.1, -0.05) is 12.8 Å². The van der Waals surface area contributed by atoms with Crippen LogP contribution < -0.4 is 16.0 Å². The van der Waals surface area contributed by atoms with E-state index in [4.69, 9.17) is 0 Å². The van der Waals surface area contributed by atoms with E-state index >= 15 is 0 Å². The van der Waals surface area contributed by atoms with Crippen LogP contribution in [-0.2, 0) is 4.79 Å². The lowest BCUT2D eigenvalue weighted by Crippen LogP contribution is -2.39. The number of rotatable bonds is 4. The summed E-state index contributed by atoms with van der Waals surface area (Å²) >= 11 is 0. The molecule has 0 bridgehead atoms. The third-order valence-corrected chi connectivity index (χ3v) is 4.93. The lowest BCUT2D eigenvalue weighted by atomic mass is 9.85. The van der Waals surface area contributed by atoms with Crippen molar-refractivity contribution in [3.8, 4) is 0 Å². The number of carbonyl (C=O) groups excluding carboxylic acids is 2. The molecule has 1 saturated carbocycles. The first kappa shape index (κ1) is 16.0. The van der Waals surface area contributed by atoms with E-state index in [9.17, 15) is 9.59 Å². The number of amides is 2. The van der Waals surface area contributed by atoms with Crippen molar-refractivity contribution in [2.75, 3.05) is 11.9 Å². The molecule has 0 spiro atoms. The highest BCUT2D eigenvalue weighted by Crippen LogP contribution is 2.33. The lowest BCUT2D eigenvalue weighted by molar-refractivity contribution is -0.117. The zero-order valence-corrected chi connectivity index (χ0v) is 13.6. The summed E-state index contributed by atoms with van der Waals surface area (Å²) in [6.07, 6.45) is 5.92. The Kier molecular flexibility index (Phi) is 4.96. The summed E-state index contributed by atoms with van der Waals surface area (Å²) in [5.41, 5.74) is 1.34. The van der Waals surface area contributed by atoms with E-state index in [2.05, 4.69) is 16.0 Å². The number of hydrogen-bond acceptors (Lipinski definition) is 3. The van der Waals surface area contributed by atoms with Gasteiger partial charge in [0.25, 0.3) is 5.91 Å². The van der Waals surface area contributed by atoms with Crippen molar-refractivity contribution in [2.24, 2.45) is 5.92 Å². The fraction of sp³-hybridized carbons (Fsp3) is 0.556. The molecule has 1 aliphatic carbocycles. The first-order valence-corrected chi connectivity index (χ1v) is 8.62. The van der Waals surface area contributed by atoms with Gasteiger partial charge in [-0.25, -0.2) is 0 Å². The van der Waals surface area contributed by atoms with Crippen molar-refractivity contribution in [2.45, 2.75) is 51.1 Å². The van der Waals surface area contributed by atoms with Crippen LogP contribution in [0, 0.1) is 5.92 Å². The third kappa shape index (κ3) is 3.72. The molecule has 1 saturated heterocycles. The summed E-state index contributed by atoms with van der Waals surface area (Å²) in [4.78, 5) is 24.1. The van der Waals surface area contributed by atoms with Crippen molar-refractivity contribution >= 4 is 17.5 Å². The zero-order chi connectivity index (χ0) is 16.2. The molecule has 5 heteroatoms. The van der Waals surface area contributed by atoms with Gasteiger partial charge >= 0.3 is 0 Å². The van der Waals surface area contributed by atoms with Crippen molar-refractivity contribution in [3.05, 3.63) is 29.8 Å². The van der Waals surface area contributed by atoms with Gasteiger partial charge < -0.3 is 16.0 Å². The maximum absolute atomic E-state index is 12.4. The molecule has 1 aliphatic heterocycles. The van der Waals surface area contributed by atoms with Gasteiger partial charge in [0.15, 0.2) is 0 Å². The molecule has 1 aromatic carbocycles. The van der Waals surface area contributed by atoms with Crippen molar-refractivity contribution in [3.63, 3.8) is 0 Å². The molecule has 0 aromatic heterocycles. The molecule has 2 amide bonds. The summed E-state index contributed by atoms with van der Waals surface area (Å²) in [5, 5.41) is 9.20. The minimum Gasteiger partial charge on any atom is -0.352 e. The Balaban J connectivity index is 1.56. The second-order valence-electron chi connectivity index (χ2n) is 6.53. The first-order chi connectivity index (χ1) is 11.2. The van der Waals surface area contributed by atoms with Crippen LogP contribution >= 0.6 is 0 Å². The average Bonchev–Trinajstić information content (AvgIpc) is 3.00. The summed E-state index contributed by atoms with van der Waals surface area (Å²) < 4.78 is 0. The van der Waals surface area contributed by atoms with Crippen LogP contribution in [0.4, 0.5) is 5.69 Å². The van der Waals surface area contributed by atoms with Gasteiger partial charge in [-0.05, 0) is 56.4 Å². The molecule has 3 rings (SSSR count). The summed E-state index contributed by atoms with van der Waals surface area (Å²) in [6, 6.07) is 7.46. The fourth-order valence-corrected chi connectivity index (χ4v) is 3.72. The van der Waals surface area contributed by atoms with Gasteiger partial charge in [0.1, 0.15) is 0 Å². The molecule has 5 nitrogen and oxygen atoms in total. The maximum atomic E-state index is 12.4. The topological polar surface area (TPSA) is 70.2 Å². The summed E-state index contributed by atoms with van der Waals surface area (Å²) in [5.74, 6) is 0.594. The second kappa shape index (κ2) is 7.13. The van der Waals surface area contributed by atoms with Crippen molar-refractivity contribution < 1.29 is 9.59 Å². The highest BCUT2D eigenvalue weighted by Gasteiger charge is 2.38. The summed E-state index contributed by atoms with van der Waals surface area (Å²) in [7, 11) is 0. The molecular formula is C18H25N3O2. The molecule has 1 heterocycles. The molecule has 3 N–H and O–H groups in total. The SMILES string of the molecule is CCNC(=O)c1ccc(NC(=O)C2CC3CCCCC3N2)cc1. The average molecular weight is 315 g/mol. The van der Waals surface area contributed by atoms with E-state index in [1.165, 1.54) is 25.7 Å². The van der Waals surface area contributed by atoms with Crippen molar-refractivity contribution in [1.29, 1.82) is 0 Å². The molecule has 2 fully saturated rings. The van der Waals surface area contributed by atoms with E-state index in [-0.39, 0.29) is 17.9 Å². The Labute approximate surface area is 137 Å². The normalized spacial score (nSPS) is 26.4. The fourth-order valence-electron chi connectivity index (χ4n) is 3.72. The highest BCUT2D eigenvalue weighted by atomic mass is 16.2. The number of hydrogen-bond donors (Lipinski definition) is 3. The first-order valence-electron chi connectivity index (χ1n) is 8.62. The molecule has 1 aromatic rings. The Morgan fingerprint density at radius 1 is 1.17 bits per heavy atom. The number of anilines is 1. The molecule has 3 unspecified atom stereocenters. The quantitative estimate of drug-likeness (QED) is 0.798. The highest BCUT2D eigenvalue weighted by molar-refractivity contribution is 5.97. The van der Waals surface area contributed by atoms with Crippen LogP contribution in [0.2, 0.25) is 0 Å². The van der Waals surface area contributed by atoms with E-state index < -0.39 is 0 Å². The van der Waals surface area contributed by atoms with Crippen molar-refractivity contribution in [1.82, 2.24) is 10.6 Å². The zero-order valence-electron chi connectivity index (χ0n) is 13.6. The molecule has 2 aliphatic rings. The van der Waals surface area contributed by atoms with E-state index in [1.54, 1.807) is 24.3 Å². The van der Waals surface area contributed by atoms with Gasteiger partial charge in [-0.3, -0.25) is 9.59 Å². The van der Waals surface area contributed by atoms with Gasteiger partial charge in [-0.2, -0.15) is 0 Å². The van der Waals surface area contributed by atoms with Gasteiger partial charge in [0.2, 0.25) is 5.91 Å². The van der Waals surface area contributed by atoms with Gasteiger partial charge in [0, 0.05) is 23.8 Å². The Morgan fingerprint density at radius 3 is 2.61 bits per heavy atom. The van der Waals surface area contributed by atoms with Gasteiger partial charge in [-0.15, -0.1) is 0 Å². The number of carbonyl (C=O) groups is 2. The Hall–Kier alpha value is -1.88. The lowest BCUT2D eigenvalue weighted by Gasteiger charge is -2.24. The van der Waals surface area contributed by atoms with E-state index in [0.717, 1.165) is 12.1 Å². The molecule has 124 valence electrons. The summed E-state index contributed by atoms with van der Waals surface area (Å²) in [6.45, 7) is 2.49. The predicted molar refractivity (Wildman–Crippen MR) is 90.4 cm³/mol. The predicted octanol–water partition coefficient (Wildman–Crippen LogP) is 2.30. The Morgan fingerprint density at radius 2 is 1.91 bits per heavy atom. The van der Waals surface area contributed by atoms with Crippen LogP contribution in [0.25, 0.3) is 0 Å². The largest absolute Gasteiger partial charge is 0.352 e. The van der Waals surface area contributed by atoms with E-state index in [0.29, 0.717) is 24.1 Å². The molecular weight excluding hydrogens is 290 g/mol. The molecule has 0 radical (unpaired) electrons. The minimum absolute atomic E-state index is 0.0326. The Bertz CT molecular complexity index is 556. The minimum atomic E-state index is -0.0915. The molecule has 23 heavy (non-hydrogen) atoms. The number of fused-ring (bicyclic) bond motifs is 1. The molecule has 3 atom stereocenters. The monoisotopic (exact) mass is 315 g/mol. The van der Waals surface area contributed by atoms with Crippen LogP contribution in [-0.4, -0.2) is 30.4 Å². The van der Waals surface area contributed by atoms with Gasteiger partial charge in [0.05, 0.1) is 6.04 Å². The maximum Gasteiger partial charge on any atom is 0.251 e. The van der Waals surface area contributed by atoms with Crippen LogP contribution in [0.15, 0.2) is 24.3 Å². The number of nitrogens with one attached hydrogen (secondary N) is 3. The van der Waals surface area contributed by atoms with Crippen LogP contribution in [0.1, 0.15) is 49.4 Å². The smallest absolute Gasteiger partial charge is 0.251 e. The second-order valence-corrected chi connectivity index (χ2v) is 6.53.